The summed E-state index contributed by atoms with van der Waals surface area (Å²) in [5, 5.41) is 7.41. The van der Waals surface area contributed by atoms with Gasteiger partial charge in [0.05, 0.1) is 10.1 Å². The van der Waals surface area contributed by atoms with Gasteiger partial charge in [-0.15, -0.1) is 0 Å². The van der Waals surface area contributed by atoms with Crippen LogP contribution in [0.3, 0.4) is 0 Å². The van der Waals surface area contributed by atoms with Crippen molar-refractivity contribution < 1.29 is 13.2 Å². The van der Waals surface area contributed by atoms with E-state index in [9.17, 15) is 18.0 Å². The van der Waals surface area contributed by atoms with E-state index < -0.39 is 20.8 Å². The Kier molecular flexibility index (Phi) is 6.48. The molecule has 1 atom stereocenters. The summed E-state index contributed by atoms with van der Waals surface area (Å²) in [4.78, 5) is 28.6. The number of hydrogen-bond donors (Lipinski definition) is 3. The van der Waals surface area contributed by atoms with Crippen molar-refractivity contribution >= 4 is 39.2 Å². The van der Waals surface area contributed by atoms with Crippen molar-refractivity contribution in [3.8, 4) is 5.69 Å². The maximum Gasteiger partial charge on any atom is 0.275 e. The number of benzene rings is 2. The zero-order valence-electron chi connectivity index (χ0n) is 16.8. The van der Waals surface area contributed by atoms with E-state index in [2.05, 4.69) is 10.3 Å². The lowest BCUT2D eigenvalue weighted by atomic mass is 10.2. The minimum absolute atomic E-state index is 0.0564. The Labute approximate surface area is 183 Å². The molecule has 31 heavy (non-hydrogen) atoms. The topological polar surface area (TPSA) is 150 Å². The Bertz CT molecular complexity index is 1290. The lowest BCUT2D eigenvalue weighted by Crippen LogP contribution is -2.24. The molecule has 2 aromatic carbocycles. The number of sulfonamides is 1. The van der Waals surface area contributed by atoms with Gasteiger partial charge in [-0.1, -0.05) is 23.9 Å². The fourth-order valence-corrected chi connectivity index (χ4v) is 4.22. The van der Waals surface area contributed by atoms with Gasteiger partial charge in [0.15, 0.2) is 5.16 Å². The molecular formula is C20H21N5O4S2. The number of nitrogens with one attached hydrogen (secondary N) is 1. The lowest BCUT2D eigenvalue weighted by Gasteiger charge is -2.18. The van der Waals surface area contributed by atoms with Crippen molar-refractivity contribution in [2.45, 2.75) is 29.1 Å². The van der Waals surface area contributed by atoms with Gasteiger partial charge in [0, 0.05) is 17.4 Å². The summed E-state index contributed by atoms with van der Waals surface area (Å²) in [7, 11) is -3.82. The number of nitrogens with two attached hydrogens (primary N) is 2. The van der Waals surface area contributed by atoms with Gasteiger partial charge in [0.25, 0.3) is 5.56 Å². The molecule has 3 rings (SSSR count). The highest BCUT2D eigenvalue weighted by Crippen LogP contribution is 2.27. The molecule has 0 spiro atoms. The van der Waals surface area contributed by atoms with Crippen LogP contribution >= 0.6 is 11.8 Å². The summed E-state index contributed by atoms with van der Waals surface area (Å²) >= 11 is 1.08. The molecule has 0 saturated carbocycles. The maximum atomic E-state index is 12.6. The Morgan fingerprint density at radius 2 is 1.84 bits per heavy atom. The highest BCUT2D eigenvalue weighted by atomic mass is 32.2. The highest BCUT2D eigenvalue weighted by molar-refractivity contribution is 8.00. The van der Waals surface area contributed by atoms with E-state index in [1.807, 2.05) is 31.2 Å². The molecule has 9 nitrogen and oxygen atoms in total. The minimum atomic E-state index is -3.82. The first-order valence-corrected chi connectivity index (χ1v) is 11.5. The second-order valence-corrected chi connectivity index (χ2v) is 9.66. The number of nitrogen functional groups attached to an aromatic ring is 1. The van der Waals surface area contributed by atoms with Crippen LogP contribution < -0.4 is 21.7 Å². The van der Waals surface area contributed by atoms with E-state index in [0.717, 1.165) is 23.0 Å². The zero-order chi connectivity index (χ0) is 22.8. The highest BCUT2D eigenvalue weighted by Gasteiger charge is 2.20. The number of amides is 1. The van der Waals surface area contributed by atoms with Gasteiger partial charge in [0.2, 0.25) is 15.9 Å². The van der Waals surface area contributed by atoms with Gasteiger partial charge in [-0.3, -0.25) is 14.2 Å². The van der Waals surface area contributed by atoms with E-state index in [4.69, 9.17) is 10.9 Å². The quantitative estimate of drug-likeness (QED) is 0.376. The number of primary sulfonamides is 1. The number of carbonyl (C=O) groups excluding carboxylic acids is 1. The standard InChI is InChI=1S/C20H21N5O4S2/c1-12-4-3-5-15(10-12)25-17(21)11-18(26)24-20(25)30-13(2)19(27)23-14-6-8-16(9-7-14)31(22,28)29/h3-11,13H,21H2,1-2H3,(H,23,27)(H2,22,28,29)/t13-/m0/s1. The number of aryl methyl sites for hydroxylation is 1. The first-order valence-electron chi connectivity index (χ1n) is 9.11. The molecule has 5 N–H and O–H groups in total. The second-order valence-electron chi connectivity index (χ2n) is 6.79. The number of carbonyl (C=O) groups is 1. The average molecular weight is 460 g/mol. The summed E-state index contributed by atoms with van der Waals surface area (Å²) in [6.07, 6.45) is 0. The Morgan fingerprint density at radius 1 is 1.16 bits per heavy atom. The SMILES string of the molecule is Cc1cccc(-n2c(N)cc(=O)nc2S[C@@H](C)C(=O)Nc2ccc(S(N)(=O)=O)cc2)c1. The molecule has 1 amide bonds. The summed E-state index contributed by atoms with van der Waals surface area (Å²) < 4.78 is 24.3. The summed E-state index contributed by atoms with van der Waals surface area (Å²) in [6.45, 7) is 3.59. The molecular weight excluding hydrogens is 438 g/mol. The molecule has 1 aromatic heterocycles. The molecule has 0 saturated heterocycles. The van der Waals surface area contributed by atoms with Gasteiger partial charge in [-0.2, -0.15) is 4.98 Å². The van der Waals surface area contributed by atoms with E-state index in [-0.39, 0.29) is 21.8 Å². The molecule has 0 radical (unpaired) electrons. The van der Waals surface area contributed by atoms with E-state index in [0.29, 0.717) is 5.69 Å². The average Bonchev–Trinajstić information content (AvgIpc) is 2.67. The molecule has 3 aromatic rings. The third kappa shape index (κ3) is 5.51. The van der Waals surface area contributed by atoms with Crippen LogP contribution in [0, 0.1) is 6.92 Å². The Balaban J connectivity index is 1.83. The monoisotopic (exact) mass is 459 g/mol. The predicted octanol–water partition coefficient (Wildman–Crippen LogP) is 1.89. The minimum Gasteiger partial charge on any atom is -0.385 e. The number of nitrogens with zero attached hydrogens (tertiary/aromatic N) is 2. The normalized spacial score (nSPS) is 12.4. The van der Waals surface area contributed by atoms with Crippen LogP contribution in [0.1, 0.15) is 12.5 Å². The van der Waals surface area contributed by atoms with Crippen LogP contribution in [-0.2, 0) is 14.8 Å². The number of aromatic nitrogens is 2. The summed E-state index contributed by atoms with van der Waals surface area (Å²) in [5.41, 5.74) is 7.70. The van der Waals surface area contributed by atoms with Gasteiger partial charge in [-0.25, -0.2) is 13.6 Å². The van der Waals surface area contributed by atoms with Crippen molar-refractivity contribution in [3.63, 3.8) is 0 Å². The largest absolute Gasteiger partial charge is 0.385 e. The van der Waals surface area contributed by atoms with E-state index >= 15 is 0 Å². The Morgan fingerprint density at radius 3 is 2.45 bits per heavy atom. The van der Waals surface area contributed by atoms with Crippen molar-refractivity contribution in [1.82, 2.24) is 9.55 Å². The molecule has 162 valence electrons. The molecule has 0 aliphatic carbocycles. The fraction of sp³-hybridized carbons (Fsp3) is 0.150. The fourth-order valence-electron chi connectivity index (χ4n) is 2.77. The lowest BCUT2D eigenvalue weighted by molar-refractivity contribution is -0.115. The molecule has 0 aliphatic heterocycles. The third-order valence-corrected chi connectivity index (χ3v) is 6.27. The maximum absolute atomic E-state index is 12.6. The number of anilines is 2. The molecule has 0 aliphatic rings. The first-order chi connectivity index (χ1) is 14.5. The number of rotatable bonds is 6. The van der Waals surface area contributed by atoms with Crippen LogP contribution in [0.2, 0.25) is 0 Å². The van der Waals surface area contributed by atoms with Gasteiger partial charge in [0.1, 0.15) is 5.82 Å². The summed E-state index contributed by atoms with van der Waals surface area (Å²) in [6, 6.07) is 14.2. The van der Waals surface area contributed by atoms with Crippen molar-refractivity contribution in [2.24, 2.45) is 5.14 Å². The van der Waals surface area contributed by atoms with Crippen molar-refractivity contribution in [1.29, 1.82) is 0 Å². The van der Waals surface area contributed by atoms with Gasteiger partial charge < -0.3 is 11.1 Å². The van der Waals surface area contributed by atoms with Crippen molar-refractivity contribution in [3.05, 3.63) is 70.5 Å². The molecule has 0 unspecified atom stereocenters. The third-order valence-electron chi connectivity index (χ3n) is 4.29. The first kappa shape index (κ1) is 22.5. The molecule has 0 bridgehead atoms. The van der Waals surface area contributed by atoms with Crippen molar-refractivity contribution in [2.75, 3.05) is 11.1 Å². The van der Waals surface area contributed by atoms with Crippen LogP contribution in [0.25, 0.3) is 5.69 Å². The number of hydrogen-bond acceptors (Lipinski definition) is 7. The Hall–Kier alpha value is -3.15. The van der Waals surface area contributed by atoms with E-state index in [1.165, 1.54) is 30.3 Å². The summed E-state index contributed by atoms with van der Waals surface area (Å²) in [5.74, 6) is -0.153. The predicted molar refractivity (Wildman–Crippen MR) is 121 cm³/mol. The zero-order valence-corrected chi connectivity index (χ0v) is 18.4. The van der Waals surface area contributed by atoms with Crippen LogP contribution in [-0.4, -0.2) is 29.1 Å². The molecule has 0 fully saturated rings. The van der Waals surface area contributed by atoms with Gasteiger partial charge in [-0.05, 0) is 55.8 Å². The smallest absolute Gasteiger partial charge is 0.275 e. The van der Waals surface area contributed by atoms with E-state index in [1.54, 1.807) is 11.5 Å². The number of thioether (sulfide) groups is 1. The molecule has 11 heteroatoms. The van der Waals surface area contributed by atoms with Crippen LogP contribution in [0.4, 0.5) is 11.5 Å². The second kappa shape index (κ2) is 8.92. The van der Waals surface area contributed by atoms with Crippen LogP contribution in [0.15, 0.2) is 69.4 Å². The molecule has 1 heterocycles. The van der Waals surface area contributed by atoms with Crippen LogP contribution in [0.5, 0.6) is 0 Å². The van der Waals surface area contributed by atoms with Gasteiger partial charge >= 0.3 is 0 Å².